The van der Waals surface area contributed by atoms with Crippen LogP contribution in [0.2, 0.25) is 0 Å². The fraction of sp³-hybridized carbons (Fsp3) is 0.190. The first-order valence-corrected chi connectivity index (χ1v) is 9.68. The smallest absolute Gasteiger partial charge is 0.231 e. The molecule has 134 valence electrons. The standard InChI is InChI=1S/C21H17N3O2S/c1-25-14-7-9-15(10-8-14)26-20-18-16-5-2-6-17(16)27-21(18)24-19(23-20)13-4-3-11-22-12-13/h3-4,7-12H,2,5-6H2,1H3. The lowest BCUT2D eigenvalue weighted by atomic mass is 10.2. The molecule has 0 aliphatic heterocycles. The van der Waals surface area contributed by atoms with Gasteiger partial charge in [0.25, 0.3) is 0 Å². The Hall–Kier alpha value is -2.99. The van der Waals surface area contributed by atoms with Crippen LogP contribution in [0.4, 0.5) is 0 Å². The number of ether oxygens (including phenoxy) is 2. The maximum Gasteiger partial charge on any atom is 0.231 e. The summed E-state index contributed by atoms with van der Waals surface area (Å²) in [6.07, 6.45) is 6.88. The Morgan fingerprint density at radius 2 is 1.85 bits per heavy atom. The Kier molecular flexibility index (Phi) is 3.98. The third-order valence-corrected chi connectivity index (χ3v) is 5.91. The Labute approximate surface area is 160 Å². The molecule has 1 aliphatic rings. The van der Waals surface area contributed by atoms with Gasteiger partial charge in [0.1, 0.15) is 16.3 Å². The van der Waals surface area contributed by atoms with Gasteiger partial charge in [-0.1, -0.05) is 0 Å². The van der Waals surface area contributed by atoms with E-state index in [-0.39, 0.29) is 0 Å². The van der Waals surface area contributed by atoms with E-state index < -0.39 is 0 Å². The SMILES string of the molecule is COc1ccc(Oc2nc(-c3cccnc3)nc3sc4c(c23)CCC4)cc1. The first kappa shape index (κ1) is 16.2. The number of hydrogen-bond acceptors (Lipinski definition) is 6. The van der Waals surface area contributed by atoms with E-state index in [0.717, 1.165) is 40.1 Å². The van der Waals surface area contributed by atoms with Crippen LogP contribution in [-0.4, -0.2) is 22.1 Å². The second kappa shape index (κ2) is 6.63. The number of rotatable bonds is 4. The molecule has 5 nitrogen and oxygen atoms in total. The minimum atomic E-state index is 0.614. The Morgan fingerprint density at radius 3 is 2.63 bits per heavy atom. The van der Waals surface area contributed by atoms with Gasteiger partial charge in [-0.2, -0.15) is 4.98 Å². The molecule has 6 heteroatoms. The van der Waals surface area contributed by atoms with E-state index in [1.54, 1.807) is 30.8 Å². The molecule has 0 bridgehead atoms. The molecule has 5 rings (SSSR count). The predicted molar refractivity (Wildman–Crippen MR) is 106 cm³/mol. The highest BCUT2D eigenvalue weighted by Crippen LogP contribution is 2.42. The monoisotopic (exact) mass is 375 g/mol. The topological polar surface area (TPSA) is 57.1 Å². The quantitative estimate of drug-likeness (QED) is 0.500. The van der Waals surface area contributed by atoms with Gasteiger partial charge in [-0.25, -0.2) is 4.98 Å². The third kappa shape index (κ3) is 2.92. The van der Waals surface area contributed by atoms with Crippen LogP contribution in [0.1, 0.15) is 16.9 Å². The molecule has 0 N–H and O–H groups in total. The highest BCUT2D eigenvalue weighted by Gasteiger charge is 2.24. The molecular formula is C21H17N3O2S. The molecule has 3 aromatic heterocycles. The van der Waals surface area contributed by atoms with Gasteiger partial charge in [-0.15, -0.1) is 11.3 Å². The summed E-state index contributed by atoms with van der Waals surface area (Å²) in [6, 6.07) is 11.4. The number of pyridine rings is 1. The lowest BCUT2D eigenvalue weighted by molar-refractivity contribution is 0.412. The summed E-state index contributed by atoms with van der Waals surface area (Å²) in [5.74, 6) is 2.77. The molecule has 0 radical (unpaired) electrons. The van der Waals surface area contributed by atoms with Crippen molar-refractivity contribution in [1.82, 2.24) is 15.0 Å². The summed E-state index contributed by atoms with van der Waals surface area (Å²) in [7, 11) is 1.65. The van der Waals surface area contributed by atoms with Crippen molar-refractivity contribution in [2.45, 2.75) is 19.3 Å². The molecule has 27 heavy (non-hydrogen) atoms. The van der Waals surface area contributed by atoms with Crippen LogP contribution in [0.15, 0.2) is 48.8 Å². The van der Waals surface area contributed by atoms with E-state index in [1.165, 1.54) is 16.9 Å². The van der Waals surface area contributed by atoms with Crippen LogP contribution in [0.5, 0.6) is 17.4 Å². The molecule has 0 spiro atoms. The van der Waals surface area contributed by atoms with E-state index in [2.05, 4.69) is 4.98 Å². The Morgan fingerprint density at radius 1 is 1.00 bits per heavy atom. The molecule has 4 aromatic rings. The van der Waals surface area contributed by atoms with Gasteiger partial charge in [-0.05, 0) is 61.2 Å². The number of thiophene rings is 1. The van der Waals surface area contributed by atoms with Crippen molar-refractivity contribution in [2.75, 3.05) is 7.11 Å². The Balaban J connectivity index is 1.65. The molecular weight excluding hydrogens is 358 g/mol. The van der Waals surface area contributed by atoms with Crippen molar-refractivity contribution < 1.29 is 9.47 Å². The van der Waals surface area contributed by atoms with Gasteiger partial charge in [0, 0.05) is 22.8 Å². The zero-order chi connectivity index (χ0) is 18.2. The second-order valence-corrected chi connectivity index (χ2v) is 7.49. The molecule has 3 heterocycles. The predicted octanol–water partition coefficient (Wildman–Crippen LogP) is 5.04. The maximum atomic E-state index is 6.22. The van der Waals surface area contributed by atoms with Crippen molar-refractivity contribution in [2.24, 2.45) is 0 Å². The number of aryl methyl sites for hydroxylation is 2. The van der Waals surface area contributed by atoms with Crippen molar-refractivity contribution in [3.63, 3.8) is 0 Å². The molecule has 0 unspecified atom stereocenters. The fourth-order valence-corrected chi connectivity index (χ4v) is 4.67. The number of nitrogens with zero attached hydrogens (tertiary/aromatic N) is 3. The van der Waals surface area contributed by atoms with Crippen LogP contribution < -0.4 is 9.47 Å². The summed E-state index contributed by atoms with van der Waals surface area (Å²) >= 11 is 1.75. The first-order chi connectivity index (χ1) is 13.3. The van der Waals surface area contributed by atoms with E-state index in [4.69, 9.17) is 19.4 Å². The summed E-state index contributed by atoms with van der Waals surface area (Å²) < 4.78 is 11.4. The zero-order valence-corrected chi connectivity index (χ0v) is 15.6. The maximum absolute atomic E-state index is 6.22. The molecule has 0 fully saturated rings. The van der Waals surface area contributed by atoms with Crippen molar-refractivity contribution >= 4 is 21.6 Å². The van der Waals surface area contributed by atoms with Gasteiger partial charge < -0.3 is 9.47 Å². The van der Waals surface area contributed by atoms with Gasteiger partial charge in [0.2, 0.25) is 5.88 Å². The average molecular weight is 375 g/mol. The van der Waals surface area contributed by atoms with Crippen LogP contribution >= 0.6 is 11.3 Å². The van der Waals surface area contributed by atoms with Gasteiger partial charge >= 0.3 is 0 Å². The van der Waals surface area contributed by atoms with Crippen molar-refractivity contribution in [3.05, 3.63) is 59.2 Å². The van der Waals surface area contributed by atoms with E-state index >= 15 is 0 Å². The molecule has 0 saturated heterocycles. The van der Waals surface area contributed by atoms with E-state index in [0.29, 0.717) is 11.7 Å². The number of hydrogen-bond donors (Lipinski definition) is 0. The summed E-state index contributed by atoms with van der Waals surface area (Å²) in [5.41, 5.74) is 2.23. The van der Waals surface area contributed by atoms with E-state index in [9.17, 15) is 0 Å². The fourth-order valence-electron chi connectivity index (χ4n) is 3.42. The van der Waals surface area contributed by atoms with Crippen LogP contribution in [0, 0.1) is 0 Å². The lowest BCUT2D eigenvalue weighted by Gasteiger charge is -2.10. The summed E-state index contributed by atoms with van der Waals surface area (Å²) in [6.45, 7) is 0. The molecule has 1 aliphatic carbocycles. The average Bonchev–Trinajstić information content (AvgIpc) is 3.30. The number of benzene rings is 1. The van der Waals surface area contributed by atoms with Gasteiger partial charge in [0.15, 0.2) is 5.82 Å². The van der Waals surface area contributed by atoms with Crippen LogP contribution in [0.25, 0.3) is 21.6 Å². The molecule has 0 amide bonds. The molecule has 0 saturated carbocycles. The normalized spacial score (nSPS) is 12.9. The van der Waals surface area contributed by atoms with Crippen molar-refractivity contribution in [3.8, 4) is 28.8 Å². The molecule has 0 atom stereocenters. The summed E-state index contributed by atoms with van der Waals surface area (Å²) in [5, 5.41) is 1.05. The minimum absolute atomic E-state index is 0.614. The first-order valence-electron chi connectivity index (χ1n) is 8.86. The summed E-state index contributed by atoms with van der Waals surface area (Å²) in [4.78, 5) is 16.1. The number of fused-ring (bicyclic) bond motifs is 3. The minimum Gasteiger partial charge on any atom is -0.497 e. The third-order valence-electron chi connectivity index (χ3n) is 4.73. The zero-order valence-electron chi connectivity index (χ0n) is 14.8. The van der Waals surface area contributed by atoms with Gasteiger partial charge in [0.05, 0.1) is 12.5 Å². The largest absolute Gasteiger partial charge is 0.497 e. The van der Waals surface area contributed by atoms with Crippen LogP contribution in [0.3, 0.4) is 0 Å². The highest BCUT2D eigenvalue weighted by molar-refractivity contribution is 7.19. The van der Waals surface area contributed by atoms with Crippen molar-refractivity contribution in [1.29, 1.82) is 0 Å². The lowest BCUT2D eigenvalue weighted by Crippen LogP contribution is -1.96. The Bertz CT molecular complexity index is 1110. The number of aromatic nitrogens is 3. The highest BCUT2D eigenvalue weighted by atomic mass is 32.1. The molecule has 1 aromatic carbocycles. The van der Waals surface area contributed by atoms with Crippen LogP contribution in [-0.2, 0) is 12.8 Å². The van der Waals surface area contributed by atoms with Gasteiger partial charge in [-0.3, -0.25) is 4.98 Å². The second-order valence-electron chi connectivity index (χ2n) is 6.41. The number of methoxy groups -OCH3 is 1. The van der Waals surface area contributed by atoms with E-state index in [1.807, 2.05) is 36.4 Å².